The highest BCUT2D eigenvalue weighted by atomic mass is 16.3. The van der Waals surface area contributed by atoms with Crippen LogP contribution in [0.1, 0.15) is 30.9 Å². The number of carbonyl (C=O) groups excluding carboxylic acids is 1. The quantitative estimate of drug-likeness (QED) is 0.886. The third-order valence-electron chi connectivity index (χ3n) is 5.43. The SMILES string of the molecule is CC(=NC(=O)[C@@]1(c2ccccc2)CC12C[C@@H]2O)c1ccccc1. The molecular weight excluding hydrogens is 286 g/mol. The smallest absolute Gasteiger partial charge is 0.257 e. The van der Waals surface area contributed by atoms with Gasteiger partial charge in [0.05, 0.1) is 11.5 Å². The maximum absolute atomic E-state index is 13.0. The van der Waals surface area contributed by atoms with E-state index >= 15 is 0 Å². The molecule has 116 valence electrons. The lowest BCUT2D eigenvalue weighted by Crippen LogP contribution is -2.24. The number of amides is 1. The number of hydrogen-bond donors (Lipinski definition) is 1. The van der Waals surface area contributed by atoms with Crippen molar-refractivity contribution in [1.82, 2.24) is 0 Å². The van der Waals surface area contributed by atoms with Crippen molar-refractivity contribution in [2.75, 3.05) is 0 Å². The van der Waals surface area contributed by atoms with Crippen molar-refractivity contribution in [1.29, 1.82) is 0 Å². The summed E-state index contributed by atoms with van der Waals surface area (Å²) in [5.41, 5.74) is 1.75. The van der Waals surface area contributed by atoms with E-state index in [2.05, 4.69) is 4.99 Å². The molecule has 0 aromatic heterocycles. The van der Waals surface area contributed by atoms with E-state index in [1.807, 2.05) is 67.6 Å². The summed E-state index contributed by atoms with van der Waals surface area (Å²) in [6, 6.07) is 19.5. The van der Waals surface area contributed by atoms with Gasteiger partial charge >= 0.3 is 0 Å². The average molecular weight is 305 g/mol. The van der Waals surface area contributed by atoms with Crippen LogP contribution in [0.3, 0.4) is 0 Å². The Balaban J connectivity index is 1.71. The first kappa shape index (κ1) is 14.3. The van der Waals surface area contributed by atoms with Gasteiger partial charge in [0, 0.05) is 11.1 Å². The monoisotopic (exact) mass is 305 g/mol. The molecule has 1 amide bonds. The molecule has 4 rings (SSSR count). The van der Waals surface area contributed by atoms with Gasteiger partial charge in [-0.25, -0.2) is 4.99 Å². The lowest BCUT2D eigenvalue weighted by molar-refractivity contribution is -0.120. The number of rotatable bonds is 3. The predicted molar refractivity (Wildman–Crippen MR) is 89.5 cm³/mol. The highest BCUT2D eigenvalue weighted by Gasteiger charge is 2.83. The fraction of sp³-hybridized carbons (Fsp3) is 0.300. The summed E-state index contributed by atoms with van der Waals surface area (Å²) in [6.07, 6.45) is 1.03. The van der Waals surface area contributed by atoms with Gasteiger partial charge < -0.3 is 5.11 Å². The standard InChI is InChI=1S/C20H19NO2/c1-14(15-8-4-2-5-9-15)21-18(23)20(13-19(20)12-17(19)22)16-10-6-3-7-11-16/h2-11,17,22H,12-13H2,1H3/t17-,19?,20-/m0/s1. The van der Waals surface area contributed by atoms with Gasteiger partial charge in [-0.15, -0.1) is 0 Å². The van der Waals surface area contributed by atoms with Gasteiger partial charge in [-0.2, -0.15) is 0 Å². The summed E-state index contributed by atoms with van der Waals surface area (Å²) in [7, 11) is 0. The lowest BCUT2D eigenvalue weighted by Gasteiger charge is -2.14. The molecule has 2 aromatic rings. The Hall–Kier alpha value is -2.26. The molecule has 2 fully saturated rings. The van der Waals surface area contributed by atoms with Crippen LogP contribution in [0.15, 0.2) is 65.7 Å². The number of nitrogens with zero attached hydrogens (tertiary/aromatic N) is 1. The maximum Gasteiger partial charge on any atom is 0.257 e. The van der Waals surface area contributed by atoms with Gasteiger partial charge in [0.2, 0.25) is 0 Å². The molecule has 0 bridgehead atoms. The van der Waals surface area contributed by atoms with Crippen LogP contribution in [-0.2, 0) is 10.2 Å². The van der Waals surface area contributed by atoms with E-state index in [9.17, 15) is 9.90 Å². The van der Waals surface area contributed by atoms with Gasteiger partial charge in [-0.1, -0.05) is 60.7 Å². The first-order chi connectivity index (χ1) is 11.1. The van der Waals surface area contributed by atoms with Crippen LogP contribution in [0.4, 0.5) is 0 Å². The normalized spacial score (nSPS) is 31.9. The van der Waals surface area contributed by atoms with E-state index in [1.54, 1.807) is 0 Å². The topological polar surface area (TPSA) is 49.7 Å². The Kier molecular flexibility index (Phi) is 3.03. The van der Waals surface area contributed by atoms with Crippen molar-refractivity contribution in [2.24, 2.45) is 10.4 Å². The summed E-state index contributed by atoms with van der Waals surface area (Å²) in [4.78, 5) is 17.4. The highest BCUT2D eigenvalue weighted by Crippen LogP contribution is 2.78. The third kappa shape index (κ3) is 2.00. The van der Waals surface area contributed by atoms with E-state index in [0.29, 0.717) is 12.8 Å². The first-order valence-electron chi connectivity index (χ1n) is 7.99. The van der Waals surface area contributed by atoms with Gasteiger partial charge in [0.1, 0.15) is 0 Å². The molecule has 1 unspecified atom stereocenters. The minimum absolute atomic E-state index is 0.124. The fourth-order valence-electron chi connectivity index (χ4n) is 3.88. The van der Waals surface area contributed by atoms with Crippen LogP contribution in [0, 0.1) is 5.41 Å². The summed E-state index contributed by atoms with van der Waals surface area (Å²) in [5.74, 6) is -0.124. The second-order valence-electron chi connectivity index (χ2n) is 6.69. The molecule has 0 saturated heterocycles. The molecule has 3 nitrogen and oxygen atoms in total. The van der Waals surface area contributed by atoms with Crippen LogP contribution in [0.5, 0.6) is 0 Å². The van der Waals surface area contributed by atoms with Crippen LogP contribution >= 0.6 is 0 Å². The number of benzene rings is 2. The minimum Gasteiger partial charge on any atom is -0.392 e. The number of aliphatic hydroxyl groups excluding tert-OH is 1. The van der Waals surface area contributed by atoms with Crippen molar-refractivity contribution < 1.29 is 9.90 Å². The van der Waals surface area contributed by atoms with E-state index in [4.69, 9.17) is 0 Å². The molecule has 1 N–H and O–H groups in total. The van der Waals surface area contributed by atoms with Gasteiger partial charge in [-0.05, 0) is 30.9 Å². The molecule has 2 aromatic carbocycles. The Morgan fingerprint density at radius 2 is 1.65 bits per heavy atom. The molecule has 2 aliphatic rings. The van der Waals surface area contributed by atoms with Crippen molar-refractivity contribution >= 4 is 11.6 Å². The highest BCUT2D eigenvalue weighted by molar-refractivity contribution is 6.09. The van der Waals surface area contributed by atoms with E-state index < -0.39 is 5.41 Å². The second kappa shape index (κ2) is 4.87. The molecule has 0 heterocycles. The van der Waals surface area contributed by atoms with Gasteiger partial charge in [0.25, 0.3) is 5.91 Å². The van der Waals surface area contributed by atoms with E-state index in [1.165, 1.54) is 0 Å². The minimum atomic E-state index is -0.635. The zero-order valence-electron chi connectivity index (χ0n) is 13.1. The Bertz CT molecular complexity index is 784. The largest absolute Gasteiger partial charge is 0.392 e. The average Bonchev–Trinajstić information content (AvgIpc) is 3.45. The zero-order valence-corrected chi connectivity index (χ0v) is 13.1. The predicted octanol–water partition coefficient (Wildman–Crippen LogP) is 3.11. The fourth-order valence-corrected chi connectivity index (χ4v) is 3.88. The molecular formula is C20H19NO2. The molecule has 23 heavy (non-hydrogen) atoms. The number of aliphatic imine (C=N–C) groups is 1. The zero-order chi connectivity index (χ0) is 16.1. The molecule has 0 aliphatic heterocycles. The Morgan fingerprint density at radius 3 is 2.17 bits per heavy atom. The van der Waals surface area contributed by atoms with Gasteiger partial charge in [0.15, 0.2) is 0 Å². The third-order valence-corrected chi connectivity index (χ3v) is 5.43. The maximum atomic E-state index is 13.0. The van der Waals surface area contributed by atoms with Crippen molar-refractivity contribution in [2.45, 2.75) is 31.3 Å². The molecule has 3 atom stereocenters. The van der Waals surface area contributed by atoms with Crippen LogP contribution in [0.25, 0.3) is 0 Å². The Morgan fingerprint density at radius 1 is 1.09 bits per heavy atom. The Labute approximate surface area is 135 Å². The van der Waals surface area contributed by atoms with Crippen molar-refractivity contribution in [3.05, 3.63) is 71.8 Å². The molecule has 0 radical (unpaired) electrons. The summed E-state index contributed by atoms with van der Waals surface area (Å²) >= 11 is 0. The number of carbonyl (C=O) groups is 1. The first-order valence-corrected chi connectivity index (χ1v) is 7.99. The van der Waals surface area contributed by atoms with E-state index in [0.717, 1.165) is 16.8 Å². The van der Waals surface area contributed by atoms with Crippen LogP contribution in [0.2, 0.25) is 0 Å². The molecule has 3 heteroatoms. The summed E-state index contributed by atoms with van der Waals surface area (Å²) in [6.45, 7) is 1.87. The van der Waals surface area contributed by atoms with E-state index in [-0.39, 0.29) is 17.4 Å². The van der Waals surface area contributed by atoms with Crippen LogP contribution in [-0.4, -0.2) is 22.8 Å². The molecule has 1 spiro atoms. The second-order valence-corrected chi connectivity index (χ2v) is 6.69. The molecule has 2 saturated carbocycles. The molecule has 2 aliphatic carbocycles. The van der Waals surface area contributed by atoms with Crippen LogP contribution < -0.4 is 0 Å². The summed E-state index contributed by atoms with van der Waals surface area (Å²) in [5, 5.41) is 10.1. The number of hydrogen-bond acceptors (Lipinski definition) is 2. The van der Waals surface area contributed by atoms with Gasteiger partial charge in [-0.3, -0.25) is 4.79 Å². The van der Waals surface area contributed by atoms with Crippen molar-refractivity contribution in [3.63, 3.8) is 0 Å². The van der Waals surface area contributed by atoms with Crippen molar-refractivity contribution in [3.8, 4) is 0 Å². The lowest BCUT2D eigenvalue weighted by atomic mass is 9.91. The summed E-state index contributed by atoms with van der Waals surface area (Å²) < 4.78 is 0. The number of aliphatic hydroxyl groups is 1.